The van der Waals surface area contributed by atoms with Gasteiger partial charge < -0.3 is 24.4 Å². The molecule has 6 nitrogen and oxygen atoms in total. The van der Waals surface area contributed by atoms with Gasteiger partial charge in [0.1, 0.15) is 0 Å². The average molecular weight is 335 g/mol. The number of hydrogen-bond donors (Lipinski definition) is 1. The Morgan fingerprint density at radius 3 is 2.33 bits per heavy atom. The van der Waals surface area contributed by atoms with Crippen LogP contribution in [0.4, 0.5) is 0 Å². The molecule has 2 aliphatic rings. The highest BCUT2D eigenvalue weighted by Gasteiger charge is 2.33. The highest BCUT2D eigenvalue weighted by molar-refractivity contribution is 5.60. The summed E-state index contributed by atoms with van der Waals surface area (Å²) in [7, 11) is 5.05. The molecule has 1 N–H and O–H groups in total. The van der Waals surface area contributed by atoms with E-state index in [0.29, 0.717) is 11.8 Å². The Kier molecular flexibility index (Phi) is 5.48. The lowest BCUT2D eigenvalue weighted by Crippen LogP contribution is -2.50. The summed E-state index contributed by atoms with van der Waals surface area (Å²) >= 11 is 0. The van der Waals surface area contributed by atoms with Crippen LogP contribution in [-0.4, -0.2) is 70.4 Å². The van der Waals surface area contributed by atoms with Crippen molar-refractivity contribution >= 4 is 0 Å². The third-order valence-electron chi connectivity index (χ3n) is 5.24. The molecule has 1 saturated heterocycles. The van der Waals surface area contributed by atoms with Crippen molar-refractivity contribution in [2.75, 3.05) is 60.6 Å². The maximum Gasteiger partial charge on any atom is 0.203 e. The maximum atomic E-state index is 5.77. The van der Waals surface area contributed by atoms with Crippen molar-refractivity contribution in [1.82, 2.24) is 15.1 Å². The Bertz CT molecular complexity index is 571. The van der Waals surface area contributed by atoms with Crippen LogP contribution >= 0.6 is 0 Å². The number of likely N-dealkylation sites (N-methyl/N-ethyl adjacent to an activating group) is 1. The predicted octanol–water partition coefficient (Wildman–Crippen LogP) is 1.49. The summed E-state index contributed by atoms with van der Waals surface area (Å²) in [5, 5.41) is 3.55. The molecule has 3 rings (SSSR count). The molecule has 0 spiro atoms. The van der Waals surface area contributed by atoms with Gasteiger partial charge in [0.25, 0.3) is 0 Å². The van der Waals surface area contributed by atoms with Crippen LogP contribution < -0.4 is 19.5 Å². The van der Waals surface area contributed by atoms with Crippen molar-refractivity contribution in [2.24, 2.45) is 0 Å². The molecule has 0 radical (unpaired) electrons. The fraction of sp³-hybridized carbons (Fsp3) is 0.667. The quantitative estimate of drug-likeness (QED) is 0.880. The Morgan fingerprint density at radius 1 is 1.04 bits per heavy atom. The van der Waals surface area contributed by atoms with Gasteiger partial charge >= 0.3 is 0 Å². The van der Waals surface area contributed by atoms with Crippen LogP contribution in [0, 0.1) is 0 Å². The van der Waals surface area contributed by atoms with Gasteiger partial charge in [0.15, 0.2) is 11.5 Å². The minimum absolute atomic E-state index is 0.308. The Balaban J connectivity index is 1.97. The molecule has 1 aromatic rings. The van der Waals surface area contributed by atoms with E-state index in [2.05, 4.69) is 28.1 Å². The van der Waals surface area contributed by atoms with Crippen LogP contribution in [-0.2, 0) is 6.54 Å². The summed E-state index contributed by atoms with van der Waals surface area (Å²) in [6.45, 7) is 9.53. The summed E-state index contributed by atoms with van der Waals surface area (Å²) in [5.41, 5.74) is 2.48. The monoisotopic (exact) mass is 335 g/mol. The average Bonchev–Trinajstić information content (AvgIpc) is 2.65. The molecule has 1 aromatic carbocycles. The zero-order chi connectivity index (χ0) is 17.1. The molecule has 6 heteroatoms. The predicted molar refractivity (Wildman–Crippen MR) is 94.2 cm³/mol. The number of fused-ring (bicyclic) bond motifs is 1. The van der Waals surface area contributed by atoms with Crippen molar-refractivity contribution in [2.45, 2.75) is 19.5 Å². The summed E-state index contributed by atoms with van der Waals surface area (Å²) in [4.78, 5) is 5.06. The third-order valence-corrected chi connectivity index (χ3v) is 5.24. The molecule has 0 unspecified atom stereocenters. The number of nitrogens with one attached hydrogen (secondary N) is 1. The van der Waals surface area contributed by atoms with Crippen molar-refractivity contribution in [3.05, 3.63) is 17.2 Å². The molecule has 1 atom stereocenters. The van der Waals surface area contributed by atoms with E-state index in [9.17, 15) is 0 Å². The highest BCUT2D eigenvalue weighted by Crippen LogP contribution is 2.46. The molecule has 24 heavy (non-hydrogen) atoms. The molecule has 2 heterocycles. The Morgan fingerprint density at radius 2 is 1.75 bits per heavy atom. The normalized spacial score (nSPS) is 22.1. The SMILES string of the molecule is CCN1CCN([C@H]2CNCc3cc(OC)c(OC)c(OC)c32)CC1. The van der Waals surface area contributed by atoms with Gasteiger partial charge in [0.05, 0.1) is 27.4 Å². The molecule has 134 valence electrons. The smallest absolute Gasteiger partial charge is 0.203 e. The van der Waals surface area contributed by atoms with Gasteiger partial charge in [-0.25, -0.2) is 0 Å². The minimum atomic E-state index is 0.308. The Hall–Kier alpha value is -1.50. The van der Waals surface area contributed by atoms with Crippen LogP contribution in [0.25, 0.3) is 0 Å². The lowest BCUT2D eigenvalue weighted by molar-refractivity contribution is 0.0933. The van der Waals surface area contributed by atoms with E-state index in [1.54, 1.807) is 21.3 Å². The minimum Gasteiger partial charge on any atom is -0.493 e. The van der Waals surface area contributed by atoms with E-state index >= 15 is 0 Å². The number of rotatable bonds is 5. The summed E-state index contributed by atoms with van der Waals surface area (Å²) in [5.74, 6) is 2.24. The van der Waals surface area contributed by atoms with Gasteiger partial charge in [0, 0.05) is 44.8 Å². The molecule has 0 aromatic heterocycles. The van der Waals surface area contributed by atoms with Gasteiger partial charge in [-0.05, 0) is 18.2 Å². The van der Waals surface area contributed by atoms with E-state index in [4.69, 9.17) is 14.2 Å². The van der Waals surface area contributed by atoms with Gasteiger partial charge in [0.2, 0.25) is 5.75 Å². The van der Waals surface area contributed by atoms with Crippen molar-refractivity contribution < 1.29 is 14.2 Å². The number of benzene rings is 1. The summed E-state index contributed by atoms with van der Waals surface area (Å²) in [6.07, 6.45) is 0. The molecule has 0 amide bonds. The largest absolute Gasteiger partial charge is 0.493 e. The van der Waals surface area contributed by atoms with E-state index in [1.807, 2.05) is 0 Å². The van der Waals surface area contributed by atoms with Crippen molar-refractivity contribution in [1.29, 1.82) is 0 Å². The fourth-order valence-corrected chi connectivity index (χ4v) is 3.89. The van der Waals surface area contributed by atoms with E-state index in [1.165, 1.54) is 11.1 Å². The van der Waals surface area contributed by atoms with Gasteiger partial charge in [-0.1, -0.05) is 6.92 Å². The lowest BCUT2D eigenvalue weighted by atomic mass is 9.93. The molecule has 2 aliphatic heterocycles. The van der Waals surface area contributed by atoms with Gasteiger partial charge in [-0.3, -0.25) is 4.90 Å². The second-order valence-electron chi connectivity index (χ2n) is 6.34. The van der Waals surface area contributed by atoms with Gasteiger partial charge in [-0.15, -0.1) is 0 Å². The molecule has 1 fully saturated rings. The molecule has 0 saturated carbocycles. The van der Waals surface area contributed by atoms with Crippen LogP contribution in [0.5, 0.6) is 17.2 Å². The zero-order valence-corrected chi connectivity index (χ0v) is 15.2. The maximum absolute atomic E-state index is 5.77. The summed E-state index contributed by atoms with van der Waals surface area (Å²) in [6, 6.07) is 2.39. The van der Waals surface area contributed by atoms with E-state index < -0.39 is 0 Å². The molecular weight excluding hydrogens is 306 g/mol. The van der Waals surface area contributed by atoms with E-state index in [0.717, 1.165) is 57.3 Å². The second-order valence-corrected chi connectivity index (χ2v) is 6.34. The topological polar surface area (TPSA) is 46.2 Å². The van der Waals surface area contributed by atoms with E-state index in [-0.39, 0.29) is 0 Å². The first-order chi connectivity index (χ1) is 11.7. The summed E-state index contributed by atoms with van der Waals surface area (Å²) < 4.78 is 16.9. The number of nitrogens with zero attached hydrogens (tertiary/aromatic N) is 2. The van der Waals surface area contributed by atoms with Crippen LogP contribution in [0.1, 0.15) is 24.1 Å². The highest BCUT2D eigenvalue weighted by atomic mass is 16.5. The zero-order valence-electron chi connectivity index (χ0n) is 15.2. The number of methoxy groups -OCH3 is 3. The molecule has 0 bridgehead atoms. The molecule has 0 aliphatic carbocycles. The van der Waals surface area contributed by atoms with Crippen LogP contribution in [0.15, 0.2) is 6.07 Å². The van der Waals surface area contributed by atoms with Crippen molar-refractivity contribution in [3.8, 4) is 17.2 Å². The second kappa shape index (κ2) is 7.59. The number of piperazine rings is 1. The first kappa shape index (κ1) is 17.3. The standard InChI is InChI=1S/C18H29N3O3/c1-5-20-6-8-21(9-7-20)14-12-19-11-13-10-15(22-2)17(23-3)18(24-4)16(13)14/h10,14,19H,5-9,11-12H2,1-4H3/t14-/m0/s1. The van der Waals surface area contributed by atoms with Crippen LogP contribution in [0.3, 0.4) is 0 Å². The first-order valence-corrected chi connectivity index (χ1v) is 8.72. The Labute approximate surface area is 144 Å². The van der Waals surface area contributed by atoms with Crippen LogP contribution in [0.2, 0.25) is 0 Å². The fourth-order valence-electron chi connectivity index (χ4n) is 3.89. The number of hydrogen-bond acceptors (Lipinski definition) is 6. The van der Waals surface area contributed by atoms with Gasteiger partial charge in [-0.2, -0.15) is 0 Å². The number of ether oxygens (including phenoxy) is 3. The molecular formula is C18H29N3O3. The third kappa shape index (κ3) is 3.06. The van der Waals surface area contributed by atoms with Crippen molar-refractivity contribution in [3.63, 3.8) is 0 Å². The first-order valence-electron chi connectivity index (χ1n) is 8.72. The lowest BCUT2D eigenvalue weighted by Gasteiger charge is -2.42.